The quantitative estimate of drug-likeness (QED) is 0.504. The molecule has 15 heavy (non-hydrogen) atoms. The van der Waals surface area contributed by atoms with Crippen molar-refractivity contribution >= 4 is 0 Å². The highest BCUT2D eigenvalue weighted by Gasteiger charge is 2.23. The van der Waals surface area contributed by atoms with Gasteiger partial charge < -0.3 is 20.9 Å². The fourth-order valence-corrected chi connectivity index (χ4v) is 2.01. The van der Waals surface area contributed by atoms with Crippen LogP contribution in [0.4, 0.5) is 0 Å². The molecule has 2 unspecified atom stereocenters. The Labute approximate surface area is 92.2 Å². The number of nitrogens with two attached hydrogens (primary N) is 1. The van der Waals surface area contributed by atoms with E-state index in [0.29, 0.717) is 25.1 Å². The number of unbranched alkanes of at least 4 members (excludes halogenated alkanes) is 2. The summed E-state index contributed by atoms with van der Waals surface area (Å²) in [7, 11) is 0. The number of rotatable bonds is 8. The maximum Gasteiger partial charge on any atom is 0.0510 e. The number of hydrogen-bond acceptors (Lipinski definition) is 4. The van der Waals surface area contributed by atoms with Gasteiger partial charge in [0.05, 0.1) is 6.61 Å². The molecule has 1 aliphatic rings. The lowest BCUT2D eigenvalue weighted by Gasteiger charge is -2.22. The molecule has 1 saturated heterocycles. The van der Waals surface area contributed by atoms with Gasteiger partial charge in [-0.25, -0.2) is 0 Å². The van der Waals surface area contributed by atoms with Gasteiger partial charge in [-0.15, -0.1) is 0 Å². The van der Waals surface area contributed by atoms with Gasteiger partial charge in [-0.3, -0.25) is 0 Å². The molecule has 0 aromatic rings. The molecule has 4 heteroatoms. The lowest BCUT2D eigenvalue weighted by Crippen LogP contribution is -2.42. The zero-order valence-corrected chi connectivity index (χ0v) is 9.45. The summed E-state index contributed by atoms with van der Waals surface area (Å²) >= 11 is 0. The predicted molar refractivity (Wildman–Crippen MR) is 60.7 cm³/mol. The van der Waals surface area contributed by atoms with E-state index >= 15 is 0 Å². The summed E-state index contributed by atoms with van der Waals surface area (Å²) in [5, 5.41) is 12.1. The Balaban J connectivity index is 2.05. The fourth-order valence-electron chi connectivity index (χ4n) is 2.01. The fraction of sp³-hybridized carbons (Fsp3) is 1.00. The highest BCUT2D eigenvalue weighted by atomic mass is 16.5. The second-order valence-electron chi connectivity index (χ2n) is 4.20. The maximum absolute atomic E-state index is 8.64. The first-order valence-corrected chi connectivity index (χ1v) is 6.00. The van der Waals surface area contributed by atoms with Crippen LogP contribution in [0.3, 0.4) is 0 Å². The summed E-state index contributed by atoms with van der Waals surface area (Å²) in [5.41, 5.74) is 5.74. The van der Waals surface area contributed by atoms with E-state index in [1.807, 2.05) is 0 Å². The van der Waals surface area contributed by atoms with Crippen LogP contribution in [0, 0.1) is 5.92 Å². The molecule has 90 valence electrons. The van der Waals surface area contributed by atoms with E-state index in [0.717, 1.165) is 45.4 Å². The Morgan fingerprint density at radius 3 is 2.87 bits per heavy atom. The molecular weight excluding hydrogens is 192 g/mol. The number of hydrogen-bond donors (Lipinski definition) is 3. The minimum absolute atomic E-state index is 0.302. The lowest BCUT2D eigenvalue weighted by atomic mass is 9.99. The molecule has 1 fully saturated rings. The molecule has 0 bridgehead atoms. The molecule has 1 heterocycles. The Morgan fingerprint density at radius 2 is 2.27 bits per heavy atom. The van der Waals surface area contributed by atoms with Crippen molar-refractivity contribution < 1.29 is 9.84 Å². The van der Waals surface area contributed by atoms with Gasteiger partial charge >= 0.3 is 0 Å². The first-order valence-electron chi connectivity index (χ1n) is 6.00. The second kappa shape index (κ2) is 8.05. The zero-order valence-electron chi connectivity index (χ0n) is 9.45. The van der Waals surface area contributed by atoms with Crippen LogP contribution in [0.5, 0.6) is 0 Å². The molecule has 0 saturated carbocycles. The first-order chi connectivity index (χ1) is 7.38. The molecule has 0 aliphatic carbocycles. The minimum Gasteiger partial charge on any atom is -0.396 e. The summed E-state index contributed by atoms with van der Waals surface area (Å²) in [6, 6.07) is 0.404. The van der Waals surface area contributed by atoms with E-state index < -0.39 is 0 Å². The van der Waals surface area contributed by atoms with Crippen LogP contribution in [0.25, 0.3) is 0 Å². The van der Waals surface area contributed by atoms with Gasteiger partial charge in [0.25, 0.3) is 0 Å². The summed E-state index contributed by atoms with van der Waals surface area (Å²) < 4.78 is 5.36. The van der Waals surface area contributed by atoms with Crippen molar-refractivity contribution in [3.05, 3.63) is 0 Å². The van der Waals surface area contributed by atoms with Crippen LogP contribution in [0.15, 0.2) is 0 Å². The first kappa shape index (κ1) is 12.9. The lowest BCUT2D eigenvalue weighted by molar-refractivity contribution is 0.177. The standard InChI is InChI=1S/C11H24N2O2/c12-8-11(10-4-7-15-9-10)13-5-2-1-3-6-14/h10-11,13-14H,1-9,12H2. The van der Waals surface area contributed by atoms with Crippen molar-refractivity contribution in [2.45, 2.75) is 31.7 Å². The van der Waals surface area contributed by atoms with E-state index in [-0.39, 0.29) is 0 Å². The van der Waals surface area contributed by atoms with Gasteiger partial charge in [-0.1, -0.05) is 0 Å². The second-order valence-corrected chi connectivity index (χ2v) is 4.20. The Kier molecular flexibility index (Phi) is 6.92. The molecule has 2 atom stereocenters. The van der Waals surface area contributed by atoms with Gasteiger partial charge in [-0.05, 0) is 32.2 Å². The monoisotopic (exact) mass is 216 g/mol. The summed E-state index contributed by atoms with van der Waals surface area (Å²) in [6.45, 7) is 3.72. The van der Waals surface area contributed by atoms with Crippen LogP contribution in [-0.4, -0.2) is 44.1 Å². The van der Waals surface area contributed by atoms with Crippen molar-refractivity contribution in [2.24, 2.45) is 11.7 Å². The van der Waals surface area contributed by atoms with Crippen molar-refractivity contribution in [3.8, 4) is 0 Å². The molecule has 0 aromatic carbocycles. The van der Waals surface area contributed by atoms with E-state index in [1.54, 1.807) is 0 Å². The molecule has 4 nitrogen and oxygen atoms in total. The maximum atomic E-state index is 8.64. The average molecular weight is 216 g/mol. The number of nitrogens with one attached hydrogen (secondary N) is 1. The van der Waals surface area contributed by atoms with Gasteiger partial charge in [0.1, 0.15) is 0 Å². The predicted octanol–water partition coefficient (Wildman–Crippen LogP) is 0.102. The van der Waals surface area contributed by atoms with Crippen LogP contribution in [-0.2, 0) is 4.74 Å². The molecule has 4 N–H and O–H groups in total. The third-order valence-electron chi connectivity index (χ3n) is 3.03. The minimum atomic E-state index is 0.302. The van der Waals surface area contributed by atoms with E-state index in [4.69, 9.17) is 15.6 Å². The largest absolute Gasteiger partial charge is 0.396 e. The Bertz CT molecular complexity index is 150. The van der Waals surface area contributed by atoms with Crippen molar-refractivity contribution in [1.82, 2.24) is 5.32 Å². The third-order valence-corrected chi connectivity index (χ3v) is 3.03. The SMILES string of the molecule is NCC(NCCCCCO)C1CCOC1. The molecule has 1 aliphatic heterocycles. The van der Waals surface area contributed by atoms with Gasteiger partial charge in [0, 0.05) is 31.7 Å². The van der Waals surface area contributed by atoms with Crippen molar-refractivity contribution in [1.29, 1.82) is 0 Å². The molecule has 1 rings (SSSR count). The molecule has 0 spiro atoms. The van der Waals surface area contributed by atoms with Crippen molar-refractivity contribution in [3.63, 3.8) is 0 Å². The zero-order chi connectivity index (χ0) is 10.9. The Hall–Kier alpha value is -0.160. The normalized spacial score (nSPS) is 23.2. The highest BCUT2D eigenvalue weighted by molar-refractivity contribution is 4.79. The van der Waals surface area contributed by atoms with Gasteiger partial charge in [0.2, 0.25) is 0 Å². The van der Waals surface area contributed by atoms with E-state index in [2.05, 4.69) is 5.32 Å². The number of aliphatic hydroxyl groups is 1. The van der Waals surface area contributed by atoms with E-state index in [9.17, 15) is 0 Å². The highest BCUT2D eigenvalue weighted by Crippen LogP contribution is 2.16. The average Bonchev–Trinajstić information content (AvgIpc) is 2.77. The summed E-state index contributed by atoms with van der Waals surface area (Å²) in [4.78, 5) is 0. The molecule has 0 aromatic heterocycles. The van der Waals surface area contributed by atoms with Crippen LogP contribution < -0.4 is 11.1 Å². The number of ether oxygens (including phenoxy) is 1. The molecule has 0 amide bonds. The van der Waals surface area contributed by atoms with Crippen LogP contribution >= 0.6 is 0 Å². The van der Waals surface area contributed by atoms with Gasteiger partial charge in [-0.2, -0.15) is 0 Å². The van der Waals surface area contributed by atoms with Crippen LogP contribution in [0.1, 0.15) is 25.7 Å². The van der Waals surface area contributed by atoms with Crippen LogP contribution in [0.2, 0.25) is 0 Å². The Morgan fingerprint density at radius 1 is 1.40 bits per heavy atom. The smallest absolute Gasteiger partial charge is 0.0510 e. The summed E-state index contributed by atoms with van der Waals surface area (Å²) in [5.74, 6) is 0.591. The topological polar surface area (TPSA) is 67.5 Å². The number of aliphatic hydroxyl groups excluding tert-OH is 1. The molecular formula is C11H24N2O2. The third kappa shape index (κ3) is 4.93. The van der Waals surface area contributed by atoms with Gasteiger partial charge in [0.15, 0.2) is 0 Å². The van der Waals surface area contributed by atoms with E-state index in [1.165, 1.54) is 0 Å². The van der Waals surface area contributed by atoms with Crippen molar-refractivity contribution in [2.75, 3.05) is 32.9 Å². The molecule has 0 radical (unpaired) electrons. The summed E-state index contributed by atoms with van der Waals surface area (Å²) in [6.07, 6.45) is 4.24.